The molecule has 1 saturated carbocycles. The Hall–Kier alpha value is -3.67. The molecule has 2 aromatic carbocycles. The van der Waals surface area contributed by atoms with Crippen LogP contribution in [0.2, 0.25) is 5.02 Å². The van der Waals surface area contributed by atoms with Crippen molar-refractivity contribution in [1.82, 2.24) is 0 Å². The van der Waals surface area contributed by atoms with E-state index in [1.165, 1.54) is 24.5 Å². The van der Waals surface area contributed by atoms with Crippen LogP contribution in [0.3, 0.4) is 0 Å². The lowest BCUT2D eigenvalue weighted by Gasteiger charge is -2.29. The van der Waals surface area contributed by atoms with Gasteiger partial charge in [-0.1, -0.05) is 24.4 Å². The fraction of sp³-hybridized carbons (Fsp3) is 0.269. The number of amides is 2. The van der Waals surface area contributed by atoms with Gasteiger partial charge in [-0.2, -0.15) is 0 Å². The van der Waals surface area contributed by atoms with Crippen LogP contribution in [0.5, 0.6) is 0 Å². The Kier molecular flexibility index (Phi) is 5.82. The van der Waals surface area contributed by atoms with Gasteiger partial charge in [0.2, 0.25) is 17.7 Å². The Morgan fingerprint density at radius 3 is 2.53 bits per heavy atom. The number of carbonyl (C=O) groups is 2. The lowest BCUT2D eigenvalue weighted by Crippen LogP contribution is -2.35. The van der Waals surface area contributed by atoms with E-state index < -0.39 is 21.6 Å². The van der Waals surface area contributed by atoms with Crippen molar-refractivity contribution in [3.63, 3.8) is 0 Å². The average Bonchev–Trinajstić information content (AvgIpc) is 3.61. The minimum atomic E-state index is -4.01. The quantitative estimate of drug-likeness (QED) is 0.437. The third kappa shape index (κ3) is 3.98. The molecule has 0 bridgehead atoms. The fourth-order valence-electron chi connectivity index (χ4n) is 5.44. The number of hydrogen-bond donors (Lipinski definition) is 2. The molecular weight excluding hydrogens is 530 g/mol. The number of furan rings is 1. The van der Waals surface area contributed by atoms with Crippen molar-refractivity contribution in [2.75, 3.05) is 14.5 Å². The van der Waals surface area contributed by atoms with Gasteiger partial charge in [-0.25, -0.2) is 18.3 Å². The number of fused-ring (bicyclic) bond motifs is 1. The van der Waals surface area contributed by atoms with E-state index >= 15 is 0 Å². The molecule has 12 heteroatoms. The number of carbonyl (C=O) groups excluding carboxylic acids is 2. The zero-order valence-electron chi connectivity index (χ0n) is 20.1. The average molecular weight is 554 g/mol. The Morgan fingerprint density at radius 2 is 1.82 bits per heavy atom. The van der Waals surface area contributed by atoms with E-state index in [1.54, 1.807) is 41.6 Å². The van der Waals surface area contributed by atoms with Crippen molar-refractivity contribution in [1.29, 1.82) is 0 Å². The van der Waals surface area contributed by atoms with Crippen LogP contribution in [-0.4, -0.2) is 26.6 Å². The monoisotopic (exact) mass is 553 g/mol. The highest BCUT2D eigenvalue weighted by Crippen LogP contribution is 2.49. The summed E-state index contributed by atoms with van der Waals surface area (Å²) in [6.07, 6.45) is 5.93. The summed E-state index contributed by atoms with van der Waals surface area (Å²) in [5, 5.41) is 0.0111. The number of sulfonamides is 1. The Labute approximate surface area is 224 Å². The summed E-state index contributed by atoms with van der Waals surface area (Å²) in [5.74, 6) is -0.104. The van der Waals surface area contributed by atoms with Crippen LogP contribution in [0.1, 0.15) is 43.8 Å². The van der Waals surface area contributed by atoms with Gasteiger partial charge in [-0.3, -0.25) is 14.3 Å². The summed E-state index contributed by atoms with van der Waals surface area (Å²) in [7, 11) is -4.01. The molecule has 6 rings (SSSR count). The number of nitrogens with zero attached hydrogens (tertiary/aromatic N) is 3. The third-order valence-corrected chi connectivity index (χ3v) is 9.12. The van der Waals surface area contributed by atoms with E-state index in [0.29, 0.717) is 30.1 Å². The van der Waals surface area contributed by atoms with Gasteiger partial charge in [-0.05, 0) is 61.4 Å². The second-order valence-corrected chi connectivity index (χ2v) is 11.8. The van der Waals surface area contributed by atoms with Crippen molar-refractivity contribution in [3.8, 4) is 0 Å². The van der Waals surface area contributed by atoms with E-state index in [4.69, 9.17) is 21.8 Å². The largest absolute Gasteiger partial charge is 0.446 e. The molecule has 2 fully saturated rings. The molecule has 3 heterocycles. The number of halogens is 1. The highest BCUT2D eigenvalue weighted by atomic mass is 35.5. The lowest BCUT2D eigenvalue weighted by molar-refractivity contribution is -0.125. The van der Waals surface area contributed by atoms with Gasteiger partial charge >= 0.3 is 0 Å². The predicted molar refractivity (Wildman–Crippen MR) is 143 cm³/mol. The molecule has 10 nitrogen and oxygen atoms in total. The summed E-state index contributed by atoms with van der Waals surface area (Å²) in [5.41, 5.74) is 7.65. The van der Waals surface area contributed by atoms with Gasteiger partial charge in [0.15, 0.2) is 0 Å². The second-order valence-electron chi connectivity index (χ2n) is 9.74. The molecule has 3 aliphatic rings. The van der Waals surface area contributed by atoms with Gasteiger partial charge in [-0.15, -0.1) is 0 Å². The molecule has 0 radical (unpaired) electrons. The first-order valence-corrected chi connectivity index (χ1v) is 14.0. The molecule has 2 amide bonds. The minimum Gasteiger partial charge on any atom is -0.446 e. The van der Waals surface area contributed by atoms with E-state index in [1.807, 2.05) is 0 Å². The number of nitrogens with two attached hydrogens (primary N) is 1. The first kappa shape index (κ1) is 24.7. The summed E-state index contributed by atoms with van der Waals surface area (Å²) in [4.78, 5) is 32.8. The van der Waals surface area contributed by atoms with Crippen LogP contribution in [0.25, 0.3) is 0 Å². The maximum Gasteiger partial charge on any atom is 0.261 e. The maximum absolute atomic E-state index is 13.1. The first-order valence-electron chi connectivity index (χ1n) is 12.1. The molecule has 38 heavy (non-hydrogen) atoms. The van der Waals surface area contributed by atoms with Crippen molar-refractivity contribution >= 4 is 62.7 Å². The van der Waals surface area contributed by atoms with Crippen LogP contribution in [-0.2, 0) is 19.6 Å². The number of hydrogen-bond acceptors (Lipinski definition) is 8. The van der Waals surface area contributed by atoms with Crippen molar-refractivity contribution < 1.29 is 22.4 Å². The topological polar surface area (TPSA) is 138 Å². The molecule has 1 spiro atoms. The number of rotatable bonds is 5. The van der Waals surface area contributed by atoms with Crippen LogP contribution in [0, 0.1) is 5.41 Å². The molecule has 1 aromatic heterocycles. The number of anilines is 3. The van der Waals surface area contributed by atoms with Gasteiger partial charge in [0.05, 0.1) is 32.8 Å². The van der Waals surface area contributed by atoms with Crippen LogP contribution < -0.4 is 20.3 Å². The molecule has 1 unspecified atom stereocenters. The number of imide groups is 1. The predicted octanol–water partition coefficient (Wildman–Crippen LogP) is 4.69. The van der Waals surface area contributed by atoms with Crippen molar-refractivity contribution in [2.24, 2.45) is 16.1 Å². The second kappa shape index (κ2) is 8.97. The Balaban J connectivity index is 1.19. The molecule has 1 aliphatic carbocycles. The van der Waals surface area contributed by atoms with Gasteiger partial charge in [0.1, 0.15) is 12.5 Å². The molecule has 3 aromatic rings. The molecule has 3 N–H and O–H groups in total. The Morgan fingerprint density at radius 1 is 1.08 bits per heavy atom. The summed E-state index contributed by atoms with van der Waals surface area (Å²) in [6.45, 7) is 0. The standard InChI is InChI=1S/C26H24ClN5O5S/c27-20-13-18(7-8-21(20)32-22(33)14-26(25(32)34)10-1-2-11-26)38(35,36)30-16-3-5-17(6-4-16)31-15-29-24-19(23(31)28)9-12-37-24/h3-9,12-13,15,23,30H,1-2,10-11,14,28H2. The highest BCUT2D eigenvalue weighted by molar-refractivity contribution is 7.92. The zero-order chi connectivity index (χ0) is 26.7. The van der Waals surface area contributed by atoms with Crippen LogP contribution in [0.4, 0.5) is 22.9 Å². The third-order valence-electron chi connectivity index (χ3n) is 7.44. The van der Waals surface area contributed by atoms with E-state index in [2.05, 4.69) is 9.71 Å². The first-order chi connectivity index (χ1) is 18.2. The number of nitrogens with one attached hydrogen (secondary N) is 1. The van der Waals surface area contributed by atoms with Crippen LogP contribution >= 0.6 is 11.6 Å². The Bertz CT molecular complexity index is 1580. The minimum absolute atomic E-state index is 0.0111. The number of aliphatic imine (C=N–C) groups is 1. The van der Waals surface area contributed by atoms with Gasteiger partial charge in [0.25, 0.3) is 10.0 Å². The fourth-order valence-corrected chi connectivity index (χ4v) is 6.85. The normalized spacial score (nSPS) is 20.4. The van der Waals surface area contributed by atoms with Crippen molar-refractivity contribution in [2.45, 2.75) is 43.2 Å². The van der Waals surface area contributed by atoms with E-state index in [0.717, 1.165) is 23.3 Å². The molecule has 1 atom stereocenters. The molecule has 2 aliphatic heterocycles. The zero-order valence-corrected chi connectivity index (χ0v) is 21.7. The molecular formula is C26H24ClN5O5S. The van der Waals surface area contributed by atoms with Crippen LogP contribution in [0.15, 0.2) is 69.1 Å². The molecule has 196 valence electrons. The summed E-state index contributed by atoms with van der Waals surface area (Å²) < 4.78 is 34.0. The SMILES string of the molecule is NC1c2ccoc2N=CN1c1ccc(NS(=O)(=O)c2ccc(N3C(=O)CC4(CCCC4)C3=O)c(Cl)c2)cc1. The van der Waals surface area contributed by atoms with Gasteiger partial charge in [0, 0.05) is 17.8 Å². The van der Waals surface area contributed by atoms with Gasteiger partial charge < -0.3 is 15.1 Å². The van der Waals surface area contributed by atoms with E-state index in [-0.39, 0.29) is 33.8 Å². The van der Waals surface area contributed by atoms with E-state index in [9.17, 15) is 18.0 Å². The lowest BCUT2D eigenvalue weighted by atomic mass is 9.84. The highest BCUT2D eigenvalue weighted by Gasteiger charge is 2.53. The maximum atomic E-state index is 13.1. The summed E-state index contributed by atoms with van der Waals surface area (Å²) in [6, 6.07) is 12.4. The molecule has 1 saturated heterocycles. The van der Waals surface area contributed by atoms with Crippen molar-refractivity contribution in [3.05, 3.63) is 65.4 Å². The summed E-state index contributed by atoms with van der Waals surface area (Å²) >= 11 is 6.42. The number of benzene rings is 2. The smallest absolute Gasteiger partial charge is 0.261 e.